The van der Waals surface area contributed by atoms with Gasteiger partial charge in [0, 0.05) is 24.5 Å². The predicted octanol–water partition coefficient (Wildman–Crippen LogP) is -0.561. The van der Waals surface area contributed by atoms with Gasteiger partial charge in [-0.1, -0.05) is 6.92 Å². The molecule has 7 nitrogen and oxygen atoms in total. The van der Waals surface area contributed by atoms with E-state index >= 15 is 0 Å². The summed E-state index contributed by atoms with van der Waals surface area (Å²) >= 11 is 0. The largest absolute Gasteiger partial charge is 0.322 e. The van der Waals surface area contributed by atoms with Crippen molar-refractivity contribution in [1.82, 2.24) is 20.6 Å². The predicted molar refractivity (Wildman–Crippen MR) is 69.4 cm³/mol. The fourth-order valence-electron chi connectivity index (χ4n) is 1.79. The molecule has 1 saturated heterocycles. The second kappa shape index (κ2) is 6.24. The Morgan fingerprint density at radius 2 is 1.89 bits per heavy atom. The third-order valence-electron chi connectivity index (χ3n) is 2.68. The number of carbonyl (C=O) groups is 2. The minimum absolute atomic E-state index is 0.110. The molecular formula is C12H17N5O2. The van der Waals surface area contributed by atoms with Gasteiger partial charge in [-0.3, -0.25) is 14.9 Å². The average Bonchev–Trinajstić information content (AvgIpc) is 2.39. The van der Waals surface area contributed by atoms with Crippen molar-refractivity contribution in [2.24, 2.45) is 0 Å². The van der Waals surface area contributed by atoms with Gasteiger partial charge in [-0.15, -0.1) is 0 Å². The zero-order chi connectivity index (χ0) is 13.7. The van der Waals surface area contributed by atoms with Crippen molar-refractivity contribution >= 4 is 17.8 Å². The molecule has 0 bridgehead atoms. The van der Waals surface area contributed by atoms with Gasteiger partial charge < -0.3 is 10.2 Å². The monoisotopic (exact) mass is 263 g/mol. The number of hydrogen-bond donors (Lipinski definition) is 2. The van der Waals surface area contributed by atoms with Crippen LogP contribution in [0.3, 0.4) is 0 Å². The molecule has 1 fully saturated rings. The number of hydrogen-bond acceptors (Lipinski definition) is 6. The molecule has 0 spiro atoms. The molecule has 102 valence electrons. The summed E-state index contributed by atoms with van der Waals surface area (Å²) in [5.41, 5.74) is 0.977. The van der Waals surface area contributed by atoms with Crippen LogP contribution in [0.25, 0.3) is 0 Å². The Morgan fingerprint density at radius 3 is 2.47 bits per heavy atom. The van der Waals surface area contributed by atoms with Gasteiger partial charge in [0.05, 0.1) is 0 Å². The molecule has 1 aromatic heterocycles. The van der Waals surface area contributed by atoms with Crippen LogP contribution in [-0.2, 0) is 16.1 Å². The number of rotatable bonds is 5. The minimum Gasteiger partial charge on any atom is -0.322 e. The highest BCUT2D eigenvalue weighted by atomic mass is 16.2. The standard InChI is InChI=1S/C12H17N5O2/c1-2-3-13-4-9-5-14-12(15-6-9)17-7-10(18)16-11(19)8-17/h5-6,13H,2-4,7-8H2,1H3,(H,16,18,19). The van der Waals surface area contributed by atoms with Crippen LogP contribution in [-0.4, -0.2) is 41.4 Å². The molecule has 0 saturated carbocycles. The van der Waals surface area contributed by atoms with E-state index in [4.69, 9.17) is 0 Å². The molecule has 2 amide bonds. The van der Waals surface area contributed by atoms with E-state index in [1.807, 2.05) is 0 Å². The van der Waals surface area contributed by atoms with Crippen molar-refractivity contribution in [2.75, 3.05) is 24.5 Å². The van der Waals surface area contributed by atoms with Crippen molar-refractivity contribution in [3.05, 3.63) is 18.0 Å². The molecule has 2 N–H and O–H groups in total. The molecule has 0 aliphatic carbocycles. The zero-order valence-corrected chi connectivity index (χ0v) is 10.8. The van der Waals surface area contributed by atoms with Crippen LogP contribution >= 0.6 is 0 Å². The second-order valence-corrected chi connectivity index (χ2v) is 4.40. The normalized spacial score (nSPS) is 15.5. The van der Waals surface area contributed by atoms with Gasteiger partial charge in [0.1, 0.15) is 13.1 Å². The van der Waals surface area contributed by atoms with Crippen LogP contribution in [0.1, 0.15) is 18.9 Å². The van der Waals surface area contributed by atoms with Crippen LogP contribution in [0.2, 0.25) is 0 Å². The van der Waals surface area contributed by atoms with E-state index in [1.165, 1.54) is 0 Å². The molecule has 1 aliphatic rings. The molecule has 0 aromatic carbocycles. The number of carbonyl (C=O) groups excluding carboxylic acids is 2. The molecule has 1 aliphatic heterocycles. The summed E-state index contributed by atoms with van der Waals surface area (Å²) in [5.74, 6) is -0.246. The lowest BCUT2D eigenvalue weighted by molar-refractivity contribution is -0.130. The number of piperazine rings is 1. The smallest absolute Gasteiger partial charge is 0.246 e. The fourth-order valence-corrected chi connectivity index (χ4v) is 1.79. The summed E-state index contributed by atoms with van der Waals surface area (Å²) < 4.78 is 0. The molecular weight excluding hydrogens is 246 g/mol. The van der Waals surface area contributed by atoms with Crippen LogP contribution in [0.15, 0.2) is 12.4 Å². The van der Waals surface area contributed by atoms with Gasteiger partial charge in [-0.25, -0.2) is 9.97 Å². The maximum absolute atomic E-state index is 11.3. The number of nitrogens with one attached hydrogen (secondary N) is 2. The highest BCUT2D eigenvalue weighted by molar-refractivity contribution is 6.02. The van der Waals surface area contributed by atoms with E-state index in [0.29, 0.717) is 12.5 Å². The van der Waals surface area contributed by atoms with E-state index < -0.39 is 0 Å². The zero-order valence-electron chi connectivity index (χ0n) is 10.8. The van der Waals surface area contributed by atoms with Gasteiger partial charge in [-0.2, -0.15) is 0 Å². The Morgan fingerprint density at radius 1 is 1.26 bits per heavy atom. The van der Waals surface area contributed by atoms with Crippen molar-refractivity contribution in [3.63, 3.8) is 0 Å². The van der Waals surface area contributed by atoms with Crippen molar-refractivity contribution in [1.29, 1.82) is 0 Å². The summed E-state index contributed by atoms with van der Waals surface area (Å²) in [6, 6.07) is 0. The highest BCUT2D eigenvalue weighted by Crippen LogP contribution is 2.08. The van der Waals surface area contributed by atoms with Gasteiger partial charge >= 0.3 is 0 Å². The number of amides is 2. The van der Waals surface area contributed by atoms with Crippen molar-refractivity contribution < 1.29 is 9.59 Å². The van der Waals surface area contributed by atoms with Crippen LogP contribution in [0.4, 0.5) is 5.95 Å². The summed E-state index contributed by atoms with van der Waals surface area (Å²) in [4.78, 5) is 32.5. The SMILES string of the molecule is CCCNCc1cnc(N2CC(=O)NC(=O)C2)nc1. The first-order valence-corrected chi connectivity index (χ1v) is 6.28. The summed E-state index contributed by atoms with van der Waals surface area (Å²) in [6.45, 7) is 3.99. The third-order valence-corrected chi connectivity index (χ3v) is 2.68. The number of anilines is 1. The van der Waals surface area contributed by atoms with Crippen molar-refractivity contribution in [2.45, 2.75) is 19.9 Å². The van der Waals surface area contributed by atoms with E-state index in [0.717, 1.165) is 18.5 Å². The Balaban J connectivity index is 1.97. The Kier molecular flexibility index (Phi) is 4.40. The number of imide groups is 1. The first kappa shape index (κ1) is 13.4. The molecule has 2 heterocycles. The molecule has 0 unspecified atom stereocenters. The molecule has 0 radical (unpaired) electrons. The average molecular weight is 263 g/mol. The highest BCUT2D eigenvalue weighted by Gasteiger charge is 2.24. The van der Waals surface area contributed by atoms with E-state index in [1.54, 1.807) is 17.3 Å². The topological polar surface area (TPSA) is 87.2 Å². The number of nitrogens with zero attached hydrogens (tertiary/aromatic N) is 3. The lowest BCUT2D eigenvalue weighted by Crippen LogP contribution is -2.52. The third kappa shape index (κ3) is 3.72. The van der Waals surface area contributed by atoms with Crippen LogP contribution < -0.4 is 15.5 Å². The van der Waals surface area contributed by atoms with Crippen LogP contribution in [0.5, 0.6) is 0 Å². The minimum atomic E-state index is -0.325. The van der Waals surface area contributed by atoms with Gasteiger partial charge in [0.15, 0.2) is 0 Å². The molecule has 1 aromatic rings. The van der Waals surface area contributed by atoms with Crippen LogP contribution in [0, 0.1) is 0 Å². The van der Waals surface area contributed by atoms with E-state index in [-0.39, 0.29) is 24.9 Å². The maximum Gasteiger partial charge on any atom is 0.246 e. The van der Waals surface area contributed by atoms with Crippen molar-refractivity contribution in [3.8, 4) is 0 Å². The Hall–Kier alpha value is -2.02. The maximum atomic E-state index is 11.3. The van der Waals surface area contributed by atoms with Gasteiger partial charge in [0.25, 0.3) is 0 Å². The Labute approximate surface area is 111 Å². The van der Waals surface area contributed by atoms with E-state index in [9.17, 15) is 9.59 Å². The van der Waals surface area contributed by atoms with Gasteiger partial charge in [-0.05, 0) is 13.0 Å². The molecule has 2 rings (SSSR count). The quantitative estimate of drug-likeness (QED) is 0.547. The fraction of sp³-hybridized carbons (Fsp3) is 0.500. The first-order valence-electron chi connectivity index (χ1n) is 6.28. The molecule has 0 atom stereocenters. The number of aromatic nitrogens is 2. The first-order chi connectivity index (χ1) is 9.19. The summed E-state index contributed by atoms with van der Waals surface area (Å²) in [6.07, 6.45) is 4.49. The molecule has 19 heavy (non-hydrogen) atoms. The molecule has 7 heteroatoms. The lowest BCUT2D eigenvalue weighted by Gasteiger charge is -2.25. The summed E-state index contributed by atoms with van der Waals surface area (Å²) in [7, 11) is 0. The van der Waals surface area contributed by atoms with Gasteiger partial charge in [0.2, 0.25) is 17.8 Å². The second-order valence-electron chi connectivity index (χ2n) is 4.40. The summed E-state index contributed by atoms with van der Waals surface area (Å²) in [5, 5.41) is 5.49. The van der Waals surface area contributed by atoms with E-state index in [2.05, 4.69) is 27.5 Å². The Bertz CT molecular complexity index is 444. The lowest BCUT2D eigenvalue weighted by atomic mass is 10.3.